The van der Waals surface area contributed by atoms with E-state index in [-0.39, 0.29) is 28.8 Å². The van der Waals surface area contributed by atoms with Crippen molar-refractivity contribution in [3.05, 3.63) is 70.4 Å². The van der Waals surface area contributed by atoms with Gasteiger partial charge in [-0.25, -0.2) is 0 Å². The Morgan fingerprint density at radius 2 is 2.00 bits per heavy atom. The van der Waals surface area contributed by atoms with Gasteiger partial charge in [0.05, 0.1) is 35.9 Å². The van der Waals surface area contributed by atoms with E-state index >= 15 is 0 Å². The molecule has 3 atom stereocenters. The number of aliphatic hydroxyl groups is 1. The third-order valence-electron chi connectivity index (χ3n) is 7.68. The van der Waals surface area contributed by atoms with Gasteiger partial charge < -0.3 is 14.9 Å². The topological polar surface area (TPSA) is 82.9 Å². The number of alkyl halides is 3. The molecule has 4 rings (SSSR count). The van der Waals surface area contributed by atoms with Crippen molar-refractivity contribution >= 4 is 28.5 Å². The summed E-state index contributed by atoms with van der Waals surface area (Å²) < 4.78 is 44.5. The van der Waals surface area contributed by atoms with Crippen molar-refractivity contribution < 1.29 is 32.9 Å². The molecular weight excluding hydrogens is 557 g/mol. The van der Waals surface area contributed by atoms with Crippen LogP contribution in [0.3, 0.4) is 0 Å². The fourth-order valence-corrected chi connectivity index (χ4v) is 5.62. The summed E-state index contributed by atoms with van der Waals surface area (Å²) in [5.41, 5.74) is 0.857. The van der Waals surface area contributed by atoms with Crippen LogP contribution in [0.1, 0.15) is 54.9 Å². The highest BCUT2D eigenvalue weighted by Crippen LogP contribution is 2.35. The lowest BCUT2D eigenvalue weighted by Crippen LogP contribution is -2.41. The predicted octanol–water partition coefficient (Wildman–Crippen LogP) is 6.58. The number of aliphatic carboxylic acids is 1. The van der Waals surface area contributed by atoms with E-state index in [0.29, 0.717) is 38.2 Å². The minimum Gasteiger partial charge on any atom is -0.497 e. The van der Waals surface area contributed by atoms with Crippen LogP contribution < -0.4 is 4.74 Å². The van der Waals surface area contributed by atoms with Gasteiger partial charge in [-0.15, -0.1) is 0 Å². The number of benzene rings is 2. The number of carboxylic acid groups (broad SMARTS) is 1. The zero-order valence-electron chi connectivity index (χ0n) is 22.6. The number of halogens is 4. The number of likely N-dealkylation sites (tertiary alicyclic amines) is 1. The molecule has 1 saturated heterocycles. The molecular formula is C31H32ClF3N2O4. The fourth-order valence-electron chi connectivity index (χ4n) is 5.45. The summed E-state index contributed by atoms with van der Waals surface area (Å²) in [4.78, 5) is 17.8. The Morgan fingerprint density at radius 3 is 2.73 bits per heavy atom. The summed E-state index contributed by atoms with van der Waals surface area (Å²) in [5, 5.41) is 21.4. The zero-order chi connectivity index (χ0) is 29.6. The minimum atomic E-state index is -4.48. The second-order valence-corrected chi connectivity index (χ2v) is 10.8. The summed E-state index contributed by atoms with van der Waals surface area (Å²) in [6.07, 6.45) is -0.952. The predicted molar refractivity (Wildman–Crippen MR) is 151 cm³/mol. The van der Waals surface area contributed by atoms with Crippen molar-refractivity contribution in [1.29, 1.82) is 0 Å². The Labute approximate surface area is 242 Å². The molecule has 41 heavy (non-hydrogen) atoms. The molecule has 0 saturated carbocycles. The molecule has 0 bridgehead atoms. The maximum Gasteiger partial charge on any atom is 0.416 e. The number of pyridine rings is 1. The van der Waals surface area contributed by atoms with Crippen molar-refractivity contribution in [3.63, 3.8) is 0 Å². The van der Waals surface area contributed by atoms with Crippen molar-refractivity contribution in [2.24, 2.45) is 11.8 Å². The molecule has 1 aromatic heterocycles. The maximum atomic E-state index is 13.1. The van der Waals surface area contributed by atoms with Crippen LogP contribution in [-0.2, 0) is 11.0 Å². The first-order valence-corrected chi connectivity index (χ1v) is 13.8. The number of fused-ring (bicyclic) bond motifs is 1. The number of rotatable bonds is 9. The summed E-state index contributed by atoms with van der Waals surface area (Å²) in [7, 11) is 1.59. The van der Waals surface area contributed by atoms with E-state index in [9.17, 15) is 28.2 Å². The number of ether oxygens (including phenoxy) is 1. The molecule has 1 aliphatic rings. The smallest absolute Gasteiger partial charge is 0.416 e. The van der Waals surface area contributed by atoms with Crippen LogP contribution in [0.15, 0.2) is 48.7 Å². The summed E-state index contributed by atoms with van der Waals surface area (Å²) >= 11 is 6.06. The van der Waals surface area contributed by atoms with Crippen molar-refractivity contribution in [3.8, 4) is 17.6 Å². The van der Waals surface area contributed by atoms with Crippen molar-refractivity contribution in [2.75, 3.05) is 26.7 Å². The van der Waals surface area contributed by atoms with Gasteiger partial charge >= 0.3 is 12.1 Å². The molecule has 2 heterocycles. The van der Waals surface area contributed by atoms with E-state index in [1.54, 1.807) is 13.3 Å². The Hall–Kier alpha value is -3.32. The lowest BCUT2D eigenvalue weighted by atomic mass is 9.79. The summed E-state index contributed by atoms with van der Waals surface area (Å²) in [6.45, 7) is 1.66. The molecule has 10 heteroatoms. The van der Waals surface area contributed by atoms with Gasteiger partial charge in [0, 0.05) is 30.1 Å². The second-order valence-electron chi connectivity index (χ2n) is 10.3. The highest BCUT2D eigenvalue weighted by molar-refractivity contribution is 6.31. The third kappa shape index (κ3) is 8.13. The molecule has 0 amide bonds. The van der Waals surface area contributed by atoms with Gasteiger partial charge in [-0.1, -0.05) is 23.4 Å². The number of piperidine rings is 1. The van der Waals surface area contributed by atoms with E-state index in [1.165, 1.54) is 6.07 Å². The number of carboxylic acids is 1. The Morgan fingerprint density at radius 1 is 1.20 bits per heavy atom. The van der Waals surface area contributed by atoms with Gasteiger partial charge in [0.1, 0.15) is 5.75 Å². The van der Waals surface area contributed by atoms with Gasteiger partial charge in [-0.2, -0.15) is 13.2 Å². The standard InChI is InChI=1S/C31H32ClF3N2O4/c1-41-24-7-9-28-26(18-24)25(12-14-36-28)29(38)10-4-20-13-16-37(19-22(20)5-11-30(39)40)15-2-3-21-17-23(31(33,34)35)6-8-27(21)32/h6-9,12,14,17-18,20,22,29,38H,4-5,10-11,13,15-16,19H2,1H3,(H,39,40)/t20-,22-,29-/m1/s1. The molecule has 1 fully saturated rings. The third-order valence-corrected chi connectivity index (χ3v) is 8.01. The monoisotopic (exact) mass is 588 g/mol. The second kappa shape index (κ2) is 13.6. The SMILES string of the molecule is COc1ccc2nccc([C@H](O)CC[C@@H]3CCN(CC#Cc4cc(C(F)(F)F)ccc4Cl)C[C@H]3CCC(=O)O)c2c1. The van der Waals surface area contributed by atoms with Crippen LogP contribution >= 0.6 is 11.6 Å². The van der Waals surface area contributed by atoms with E-state index in [4.69, 9.17) is 16.3 Å². The number of aliphatic hydroxyl groups excluding tert-OH is 1. The number of hydrogen-bond acceptors (Lipinski definition) is 5. The number of hydrogen-bond donors (Lipinski definition) is 2. The van der Waals surface area contributed by atoms with E-state index in [0.717, 1.165) is 41.4 Å². The number of methoxy groups -OCH3 is 1. The highest BCUT2D eigenvalue weighted by Gasteiger charge is 2.31. The molecule has 1 aliphatic heterocycles. The summed E-state index contributed by atoms with van der Waals surface area (Å²) in [5.74, 6) is 5.82. The minimum absolute atomic E-state index is 0.0396. The molecule has 2 N–H and O–H groups in total. The van der Waals surface area contributed by atoms with Gasteiger partial charge in [-0.05, 0) is 92.1 Å². The Bertz CT molecular complexity index is 1440. The van der Waals surface area contributed by atoms with Crippen LogP contribution in [0.2, 0.25) is 5.02 Å². The molecule has 0 radical (unpaired) electrons. The number of aromatic nitrogens is 1. The van der Waals surface area contributed by atoms with Crippen molar-refractivity contribution in [2.45, 2.75) is 44.4 Å². The lowest BCUT2D eigenvalue weighted by molar-refractivity contribution is -0.138. The van der Waals surface area contributed by atoms with Crippen LogP contribution in [0.5, 0.6) is 5.75 Å². The molecule has 0 spiro atoms. The normalized spacial score (nSPS) is 18.5. The average molecular weight is 589 g/mol. The van der Waals surface area contributed by atoms with Gasteiger partial charge in [-0.3, -0.25) is 14.7 Å². The first kappa shape index (κ1) is 30.6. The average Bonchev–Trinajstić information content (AvgIpc) is 2.95. The van der Waals surface area contributed by atoms with E-state index < -0.39 is 23.8 Å². The van der Waals surface area contributed by atoms with Crippen LogP contribution in [0, 0.1) is 23.7 Å². The first-order valence-electron chi connectivity index (χ1n) is 13.5. The summed E-state index contributed by atoms with van der Waals surface area (Å²) in [6, 6.07) is 10.4. The van der Waals surface area contributed by atoms with Gasteiger partial charge in [0.2, 0.25) is 0 Å². The molecule has 6 nitrogen and oxygen atoms in total. The largest absolute Gasteiger partial charge is 0.497 e. The van der Waals surface area contributed by atoms with E-state index in [2.05, 4.69) is 21.7 Å². The Balaban J connectivity index is 1.41. The Kier molecular flexibility index (Phi) is 10.1. The van der Waals surface area contributed by atoms with Crippen molar-refractivity contribution in [1.82, 2.24) is 9.88 Å². The van der Waals surface area contributed by atoms with Crippen LogP contribution in [-0.4, -0.2) is 52.8 Å². The molecule has 0 aliphatic carbocycles. The zero-order valence-corrected chi connectivity index (χ0v) is 23.4. The van der Waals surface area contributed by atoms with Gasteiger partial charge in [0.25, 0.3) is 0 Å². The highest BCUT2D eigenvalue weighted by atomic mass is 35.5. The van der Waals surface area contributed by atoms with Crippen LogP contribution in [0.25, 0.3) is 10.9 Å². The van der Waals surface area contributed by atoms with E-state index in [1.807, 2.05) is 24.3 Å². The molecule has 218 valence electrons. The lowest BCUT2D eigenvalue weighted by Gasteiger charge is -2.38. The molecule has 2 aromatic carbocycles. The fraction of sp³-hybridized carbons (Fsp3) is 0.419. The number of nitrogens with zero attached hydrogens (tertiary/aromatic N) is 2. The first-order chi connectivity index (χ1) is 19.5. The number of carbonyl (C=O) groups is 1. The quantitative estimate of drug-likeness (QED) is 0.275. The maximum absolute atomic E-state index is 13.1. The molecule has 0 unspecified atom stereocenters. The van der Waals surface area contributed by atoms with Crippen LogP contribution in [0.4, 0.5) is 13.2 Å². The molecule has 3 aromatic rings. The van der Waals surface area contributed by atoms with Gasteiger partial charge in [0.15, 0.2) is 0 Å².